The summed E-state index contributed by atoms with van der Waals surface area (Å²) in [5.41, 5.74) is 1.59. The fourth-order valence-corrected chi connectivity index (χ4v) is 2.99. The fourth-order valence-electron chi connectivity index (χ4n) is 2.78. The molecular formula is C18H16ClNO3. The summed E-state index contributed by atoms with van der Waals surface area (Å²) in [6, 6.07) is 13.3. The Bertz CT molecular complexity index is 758. The van der Waals surface area contributed by atoms with Gasteiger partial charge in [0.15, 0.2) is 11.5 Å². The molecule has 118 valence electrons. The van der Waals surface area contributed by atoms with Crippen LogP contribution < -0.4 is 9.47 Å². The molecule has 23 heavy (non-hydrogen) atoms. The zero-order chi connectivity index (χ0) is 15.8. The van der Waals surface area contributed by atoms with Gasteiger partial charge in [-0.2, -0.15) is 0 Å². The van der Waals surface area contributed by atoms with Crippen LogP contribution in [0.2, 0.25) is 5.02 Å². The lowest BCUT2D eigenvalue weighted by atomic mass is 10.1. The van der Waals surface area contributed by atoms with Crippen LogP contribution in [0.4, 0.5) is 0 Å². The Kier molecular flexibility index (Phi) is 3.62. The summed E-state index contributed by atoms with van der Waals surface area (Å²) in [6.45, 7) is 0.801. The van der Waals surface area contributed by atoms with E-state index in [2.05, 4.69) is 0 Å². The molecule has 5 heteroatoms. The highest BCUT2D eigenvalue weighted by molar-refractivity contribution is 6.33. The first kappa shape index (κ1) is 14.4. The summed E-state index contributed by atoms with van der Waals surface area (Å²) in [5.74, 6) is 1.48. The highest BCUT2D eigenvalue weighted by atomic mass is 35.5. The summed E-state index contributed by atoms with van der Waals surface area (Å²) < 4.78 is 10.7. The van der Waals surface area contributed by atoms with E-state index in [9.17, 15) is 4.79 Å². The normalized spacial score (nSPS) is 15.5. The molecule has 0 bridgehead atoms. The molecule has 0 radical (unpaired) electrons. The first-order valence-electron chi connectivity index (χ1n) is 7.66. The number of nitrogens with zero attached hydrogens (tertiary/aromatic N) is 1. The molecule has 1 amide bonds. The van der Waals surface area contributed by atoms with Crippen molar-refractivity contribution < 1.29 is 14.3 Å². The molecule has 1 aliphatic carbocycles. The van der Waals surface area contributed by atoms with Gasteiger partial charge in [-0.05, 0) is 42.7 Å². The van der Waals surface area contributed by atoms with Crippen LogP contribution in [-0.2, 0) is 6.54 Å². The summed E-state index contributed by atoms with van der Waals surface area (Å²) in [7, 11) is 0. The van der Waals surface area contributed by atoms with Crippen LogP contribution in [0, 0.1) is 0 Å². The van der Waals surface area contributed by atoms with Crippen LogP contribution in [0.1, 0.15) is 28.8 Å². The number of ether oxygens (including phenoxy) is 2. The van der Waals surface area contributed by atoms with E-state index in [4.69, 9.17) is 21.1 Å². The molecule has 0 N–H and O–H groups in total. The van der Waals surface area contributed by atoms with Gasteiger partial charge in [0.25, 0.3) is 5.91 Å². The molecule has 0 aromatic heterocycles. The van der Waals surface area contributed by atoms with Crippen LogP contribution in [0.25, 0.3) is 0 Å². The standard InChI is InChI=1S/C18H16ClNO3/c19-15-4-2-1-3-14(15)18(21)20(13-6-7-13)10-12-5-8-16-17(9-12)23-11-22-16/h1-5,8-9,13H,6-7,10-11H2. The largest absolute Gasteiger partial charge is 0.454 e. The van der Waals surface area contributed by atoms with E-state index in [0.29, 0.717) is 23.2 Å². The molecule has 0 atom stereocenters. The third kappa shape index (κ3) is 2.86. The van der Waals surface area contributed by atoms with Crippen molar-refractivity contribution in [1.82, 2.24) is 4.90 Å². The molecule has 0 spiro atoms. The van der Waals surface area contributed by atoms with Gasteiger partial charge in [-0.25, -0.2) is 0 Å². The lowest BCUT2D eigenvalue weighted by Crippen LogP contribution is -2.32. The maximum absolute atomic E-state index is 12.9. The van der Waals surface area contributed by atoms with E-state index in [1.54, 1.807) is 12.1 Å². The van der Waals surface area contributed by atoms with Gasteiger partial charge in [0, 0.05) is 12.6 Å². The first-order chi connectivity index (χ1) is 11.2. The van der Waals surface area contributed by atoms with E-state index < -0.39 is 0 Å². The predicted octanol–water partition coefficient (Wildman–Crippen LogP) is 3.87. The number of carbonyl (C=O) groups excluding carboxylic acids is 1. The number of hydrogen-bond acceptors (Lipinski definition) is 3. The number of rotatable bonds is 4. The second kappa shape index (κ2) is 5.78. The topological polar surface area (TPSA) is 38.8 Å². The van der Waals surface area contributed by atoms with E-state index in [1.165, 1.54) is 0 Å². The number of halogens is 1. The molecule has 1 aliphatic heterocycles. The first-order valence-corrected chi connectivity index (χ1v) is 8.04. The number of amides is 1. The van der Waals surface area contributed by atoms with Crippen molar-refractivity contribution in [3.05, 3.63) is 58.6 Å². The van der Waals surface area contributed by atoms with Gasteiger partial charge >= 0.3 is 0 Å². The molecule has 2 aromatic rings. The smallest absolute Gasteiger partial charge is 0.255 e. The van der Waals surface area contributed by atoms with Crippen molar-refractivity contribution >= 4 is 17.5 Å². The summed E-state index contributed by atoms with van der Waals surface area (Å²) >= 11 is 6.18. The monoisotopic (exact) mass is 329 g/mol. The zero-order valence-corrected chi connectivity index (χ0v) is 13.3. The Balaban J connectivity index is 1.59. The van der Waals surface area contributed by atoms with Crippen molar-refractivity contribution in [2.75, 3.05) is 6.79 Å². The number of hydrogen-bond donors (Lipinski definition) is 0. The van der Waals surface area contributed by atoms with Gasteiger partial charge in [0.05, 0.1) is 10.6 Å². The number of carbonyl (C=O) groups is 1. The van der Waals surface area contributed by atoms with Crippen molar-refractivity contribution in [1.29, 1.82) is 0 Å². The van der Waals surface area contributed by atoms with Crippen molar-refractivity contribution in [3.63, 3.8) is 0 Å². The van der Waals surface area contributed by atoms with Crippen molar-refractivity contribution in [2.24, 2.45) is 0 Å². The highest BCUT2D eigenvalue weighted by Crippen LogP contribution is 2.35. The summed E-state index contributed by atoms with van der Waals surface area (Å²) in [6.07, 6.45) is 2.08. The Hall–Kier alpha value is -2.20. The quantitative estimate of drug-likeness (QED) is 0.854. The summed E-state index contributed by atoms with van der Waals surface area (Å²) in [4.78, 5) is 14.8. The molecular weight excluding hydrogens is 314 g/mol. The minimum absolute atomic E-state index is 0.0178. The van der Waals surface area contributed by atoms with E-state index >= 15 is 0 Å². The third-order valence-electron chi connectivity index (χ3n) is 4.14. The van der Waals surface area contributed by atoms with Crippen LogP contribution in [0.5, 0.6) is 11.5 Å². The second-order valence-electron chi connectivity index (χ2n) is 5.83. The maximum atomic E-state index is 12.9. The van der Waals surface area contributed by atoms with Crippen molar-refractivity contribution in [3.8, 4) is 11.5 Å². The highest BCUT2D eigenvalue weighted by Gasteiger charge is 2.34. The zero-order valence-electron chi connectivity index (χ0n) is 12.5. The maximum Gasteiger partial charge on any atom is 0.255 e. The van der Waals surface area contributed by atoms with E-state index in [0.717, 1.165) is 29.9 Å². The molecule has 1 fully saturated rings. The average Bonchev–Trinajstić information content (AvgIpc) is 3.29. The molecule has 2 aliphatic rings. The predicted molar refractivity (Wildman–Crippen MR) is 86.9 cm³/mol. The van der Waals surface area contributed by atoms with Crippen molar-refractivity contribution in [2.45, 2.75) is 25.4 Å². The lowest BCUT2D eigenvalue weighted by molar-refractivity contribution is 0.0730. The Morgan fingerprint density at radius 1 is 1.13 bits per heavy atom. The van der Waals surface area contributed by atoms with Crippen LogP contribution in [0.3, 0.4) is 0 Å². The van der Waals surface area contributed by atoms with E-state index in [-0.39, 0.29) is 12.7 Å². The minimum atomic E-state index is -0.0178. The average molecular weight is 330 g/mol. The van der Waals surface area contributed by atoms with Gasteiger partial charge in [0.1, 0.15) is 0 Å². The van der Waals surface area contributed by atoms with Crippen LogP contribution in [-0.4, -0.2) is 23.6 Å². The van der Waals surface area contributed by atoms with Gasteiger partial charge in [-0.15, -0.1) is 0 Å². The van der Waals surface area contributed by atoms with Crippen LogP contribution in [0.15, 0.2) is 42.5 Å². The van der Waals surface area contributed by atoms with Gasteiger partial charge in [-0.1, -0.05) is 29.8 Å². The third-order valence-corrected chi connectivity index (χ3v) is 4.47. The van der Waals surface area contributed by atoms with Crippen LogP contribution >= 0.6 is 11.6 Å². The Morgan fingerprint density at radius 3 is 2.70 bits per heavy atom. The fraction of sp³-hybridized carbons (Fsp3) is 0.278. The molecule has 1 heterocycles. The molecule has 4 nitrogen and oxygen atoms in total. The number of benzene rings is 2. The second-order valence-corrected chi connectivity index (χ2v) is 6.24. The molecule has 4 rings (SSSR count). The van der Waals surface area contributed by atoms with E-state index in [1.807, 2.05) is 35.2 Å². The summed E-state index contributed by atoms with van der Waals surface area (Å²) in [5, 5.41) is 0.494. The lowest BCUT2D eigenvalue weighted by Gasteiger charge is -2.23. The molecule has 0 unspecified atom stereocenters. The SMILES string of the molecule is O=C(c1ccccc1Cl)N(Cc1ccc2c(c1)OCO2)C1CC1. The molecule has 1 saturated carbocycles. The van der Waals surface area contributed by atoms with Gasteiger partial charge in [-0.3, -0.25) is 4.79 Å². The molecule has 0 saturated heterocycles. The minimum Gasteiger partial charge on any atom is -0.454 e. The van der Waals surface area contributed by atoms with Gasteiger partial charge in [0.2, 0.25) is 6.79 Å². The Labute approximate surface area is 139 Å². The Morgan fingerprint density at radius 2 is 1.91 bits per heavy atom. The molecule has 2 aromatic carbocycles. The number of fused-ring (bicyclic) bond motifs is 1. The van der Waals surface area contributed by atoms with Gasteiger partial charge < -0.3 is 14.4 Å².